The van der Waals surface area contributed by atoms with Crippen molar-refractivity contribution in [3.63, 3.8) is 0 Å². The molecular formula is C6H5FN4OS. The van der Waals surface area contributed by atoms with Crippen LogP contribution < -0.4 is 4.74 Å². The van der Waals surface area contributed by atoms with Crippen LogP contribution in [0.25, 0.3) is 5.65 Å². The van der Waals surface area contributed by atoms with E-state index in [0.717, 1.165) is 6.07 Å². The van der Waals surface area contributed by atoms with Gasteiger partial charge in [0.25, 0.3) is 0 Å². The Morgan fingerprint density at radius 3 is 3.15 bits per heavy atom. The third-order valence-electron chi connectivity index (χ3n) is 1.52. The van der Waals surface area contributed by atoms with Crippen LogP contribution in [-0.4, -0.2) is 26.7 Å². The first-order valence-electron chi connectivity index (χ1n) is 3.40. The van der Waals surface area contributed by atoms with Crippen LogP contribution >= 0.6 is 12.2 Å². The van der Waals surface area contributed by atoms with Crippen LogP contribution in [0.2, 0.25) is 0 Å². The van der Waals surface area contributed by atoms with Crippen molar-refractivity contribution in [1.82, 2.24) is 19.6 Å². The molecule has 0 aromatic carbocycles. The number of hydrogen-bond acceptors (Lipinski definition) is 4. The molecule has 5 nitrogen and oxygen atoms in total. The van der Waals surface area contributed by atoms with Crippen molar-refractivity contribution in [1.29, 1.82) is 0 Å². The fourth-order valence-corrected chi connectivity index (χ4v) is 1.23. The second-order valence-corrected chi connectivity index (χ2v) is 2.67. The summed E-state index contributed by atoms with van der Waals surface area (Å²) < 4.78 is 19.4. The molecule has 2 aromatic rings. The molecule has 13 heavy (non-hydrogen) atoms. The van der Waals surface area contributed by atoms with Gasteiger partial charge in [0.1, 0.15) is 0 Å². The van der Waals surface area contributed by atoms with E-state index in [0.29, 0.717) is 10.4 Å². The van der Waals surface area contributed by atoms with Gasteiger partial charge in [-0.25, -0.2) is 4.40 Å². The van der Waals surface area contributed by atoms with E-state index < -0.39 is 5.95 Å². The summed E-state index contributed by atoms with van der Waals surface area (Å²) in [5, 5.41) is 6.28. The minimum absolute atomic E-state index is 0.0775. The van der Waals surface area contributed by atoms with Crippen LogP contribution in [0.5, 0.6) is 6.01 Å². The first kappa shape index (κ1) is 8.11. The molecule has 2 heterocycles. The quantitative estimate of drug-likeness (QED) is 0.549. The lowest BCUT2D eigenvalue weighted by atomic mass is 10.6. The molecule has 0 radical (unpaired) electrons. The summed E-state index contributed by atoms with van der Waals surface area (Å²) in [5.41, 5.74) is 0.342. The molecule has 0 saturated heterocycles. The lowest BCUT2D eigenvalue weighted by molar-refractivity contribution is 0.363. The van der Waals surface area contributed by atoms with Crippen molar-refractivity contribution in [2.45, 2.75) is 0 Å². The summed E-state index contributed by atoms with van der Waals surface area (Å²) in [7, 11) is 1.38. The number of rotatable bonds is 1. The van der Waals surface area contributed by atoms with E-state index in [9.17, 15) is 4.39 Å². The van der Waals surface area contributed by atoms with Gasteiger partial charge in [-0.05, 0) is 12.2 Å². The zero-order valence-electron chi connectivity index (χ0n) is 6.61. The van der Waals surface area contributed by atoms with Gasteiger partial charge in [-0.15, -0.1) is 0 Å². The maximum atomic E-state index is 12.8. The zero-order valence-corrected chi connectivity index (χ0v) is 7.43. The third kappa shape index (κ3) is 1.17. The van der Waals surface area contributed by atoms with Crippen molar-refractivity contribution < 1.29 is 9.13 Å². The molecule has 0 saturated carbocycles. The predicted octanol–water partition coefficient (Wildman–Crippen LogP) is 0.935. The van der Waals surface area contributed by atoms with Crippen molar-refractivity contribution in [2.75, 3.05) is 7.11 Å². The second-order valence-electron chi connectivity index (χ2n) is 2.29. The number of ether oxygens (including phenoxy) is 1. The van der Waals surface area contributed by atoms with Crippen LogP contribution in [0.4, 0.5) is 4.39 Å². The number of halogens is 1. The smallest absolute Gasteiger partial charge is 0.307 e. The highest BCUT2D eigenvalue weighted by atomic mass is 32.1. The monoisotopic (exact) mass is 200 g/mol. The number of nitrogens with one attached hydrogen (secondary N) is 1. The number of methoxy groups -OCH3 is 1. The highest BCUT2D eigenvalue weighted by Crippen LogP contribution is 2.11. The van der Waals surface area contributed by atoms with Crippen molar-refractivity contribution in [3.05, 3.63) is 16.8 Å². The third-order valence-corrected chi connectivity index (χ3v) is 1.80. The van der Waals surface area contributed by atoms with E-state index >= 15 is 0 Å². The lowest BCUT2D eigenvalue weighted by Gasteiger charge is -2.00. The molecule has 0 aliphatic carbocycles. The van der Waals surface area contributed by atoms with Gasteiger partial charge >= 0.3 is 6.01 Å². The molecule has 0 aliphatic heterocycles. The highest BCUT2D eigenvalue weighted by Gasteiger charge is 2.07. The van der Waals surface area contributed by atoms with Gasteiger partial charge in [-0.2, -0.15) is 14.5 Å². The van der Waals surface area contributed by atoms with Gasteiger partial charge < -0.3 is 4.74 Å². The molecule has 0 spiro atoms. The van der Waals surface area contributed by atoms with Gasteiger partial charge in [0.05, 0.1) is 7.11 Å². The average Bonchev–Trinajstić information content (AvgIpc) is 2.46. The molecule has 0 bridgehead atoms. The number of nitrogens with zero attached hydrogens (tertiary/aromatic N) is 3. The molecule has 7 heteroatoms. The summed E-state index contributed by atoms with van der Waals surface area (Å²) in [5.74, 6) is -0.654. The normalized spacial score (nSPS) is 10.6. The Balaban J connectivity index is 2.93. The van der Waals surface area contributed by atoms with E-state index in [2.05, 4.69) is 15.2 Å². The van der Waals surface area contributed by atoms with Crippen LogP contribution in [0, 0.1) is 10.7 Å². The second kappa shape index (κ2) is 2.77. The lowest BCUT2D eigenvalue weighted by Crippen LogP contribution is -1.99. The minimum atomic E-state index is -0.654. The number of aromatic nitrogens is 4. The fraction of sp³-hybridized carbons (Fsp3) is 0.167. The topological polar surface area (TPSA) is 55.2 Å². The van der Waals surface area contributed by atoms with E-state index in [-0.39, 0.29) is 6.01 Å². The van der Waals surface area contributed by atoms with Gasteiger partial charge in [0, 0.05) is 6.07 Å². The zero-order chi connectivity index (χ0) is 9.42. The molecule has 0 unspecified atom stereocenters. The van der Waals surface area contributed by atoms with Gasteiger partial charge in [-0.1, -0.05) is 0 Å². The number of fused-ring (bicyclic) bond motifs is 1. The largest absolute Gasteiger partial charge is 0.468 e. The maximum absolute atomic E-state index is 12.8. The van der Waals surface area contributed by atoms with Gasteiger partial charge in [-0.3, -0.25) is 5.10 Å². The van der Waals surface area contributed by atoms with E-state index in [1.807, 2.05) is 0 Å². The molecule has 0 atom stereocenters. The van der Waals surface area contributed by atoms with Crippen molar-refractivity contribution >= 4 is 17.9 Å². The molecule has 2 aromatic heterocycles. The molecule has 0 amide bonds. The summed E-state index contributed by atoms with van der Waals surface area (Å²) >= 11 is 4.89. The summed E-state index contributed by atoms with van der Waals surface area (Å²) in [6.07, 6.45) is 0. The van der Waals surface area contributed by atoms with Gasteiger partial charge in [0.15, 0.2) is 5.65 Å². The maximum Gasteiger partial charge on any atom is 0.307 e. The summed E-state index contributed by atoms with van der Waals surface area (Å²) in [4.78, 5) is 3.50. The van der Waals surface area contributed by atoms with Crippen molar-refractivity contribution in [2.24, 2.45) is 0 Å². The van der Waals surface area contributed by atoms with Crippen LogP contribution in [0.15, 0.2) is 6.07 Å². The standard InChI is InChI=1S/C6H5FN4OS/c1-12-5-8-3(7)2-4-9-10-6(13)11(4)5/h2H,1H3,(H,10,13). The molecule has 1 N–H and O–H groups in total. The fourth-order valence-electron chi connectivity index (χ4n) is 1.01. The minimum Gasteiger partial charge on any atom is -0.468 e. The van der Waals surface area contributed by atoms with Crippen molar-refractivity contribution in [3.8, 4) is 6.01 Å². The van der Waals surface area contributed by atoms with E-state index in [1.165, 1.54) is 11.5 Å². The predicted molar refractivity (Wildman–Crippen MR) is 44.7 cm³/mol. The Morgan fingerprint density at radius 2 is 2.46 bits per heavy atom. The molecule has 0 fully saturated rings. The number of hydrogen-bond donors (Lipinski definition) is 1. The summed E-state index contributed by atoms with van der Waals surface area (Å²) in [6, 6.07) is 1.24. The number of H-pyrrole nitrogens is 1. The Labute approximate surface area is 77.2 Å². The molecule has 68 valence electrons. The Bertz CT molecular complexity index is 505. The van der Waals surface area contributed by atoms with Crippen LogP contribution in [0.1, 0.15) is 0 Å². The Kier molecular flexibility index (Phi) is 1.73. The number of aromatic amines is 1. The Hall–Kier alpha value is -1.50. The summed E-state index contributed by atoms with van der Waals surface area (Å²) in [6.45, 7) is 0. The SMILES string of the molecule is COc1nc(F)cc2n[nH]c(=S)n12. The first-order valence-corrected chi connectivity index (χ1v) is 3.81. The van der Waals surface area contributed by atoms with Crippen LogP contribution in [0.3, 0.4) is 0 Å². The average molecular weight is 200 g/mol. The highest BCUT2D eigenvalue weighted by molar-refractivity contribution is 7.71. The van der Waals surface area contributed by atoms with Crippen LogP contribution in [-0.2, 0) is 0 Å². The molecule has 2 rings (SSSR count). The van der Waals surface area contributed by atoms with Gasteiger partial charge in [0.2, 0.25) is 10.7 Å². The molecular weight excluding hydrogens is 195 g/mol. The van der Waals surface area contributed by atoms with E-state index in [1.54, 1.807) is 0 Å². The molecule has 0 aliphatic rings. The Morgan fingerprint density at radius 1 is 1.69 bits per heavy atom. The first-order chi connectivity index (χ1) is 6.22. The van der Waals surface area contributed by atoms with E-state index in [4.69, 9.17) is 17.0 Å².